The zero-order valence-electron chi connectivity index (χ0n) is 15.8. The number of nitrogens with one attached hydrogen (secondary N) is 3. The molecule has 7 nitrogen and oxygen atoms in total. The molecule has 3 rings (SSSR count). The lowest BCUT2D eigenvalue weighted by Crippen LogP contribution is -3.10. The molecule has 1 atom stereocenters. The lowest BCUT2D eigenvalue weighted by Gasteiger charge is -2.14. The summed E-state index contributed by atoms with van der Waals surface area (Å²) in [7, 11) is 1.56. The number of H-pyrrole nitrogens is 1. The number of fused-ring (bicyclic) bond motifs is 1. The van der Waals surface area contributed by atoms with Crippen LogP contribution < -0.4 is 10.2 Å². The molecular weight excluding hydrogens is 399 g/mol. The summed E-state index contributed by atoms with van der Waals surface area (Å²) in [6.07, 6.45) is 0. The molecule has 0 spiro atoms. The normalized spacial score (nSPS) is 12.9. The van der Waals surface area contributed by atoms with Crippen molar-refractivity contribution in [1.29, 1.82) is 5.26 Å². The fourth-order valence-corrected chi connectivity index (χ4v) is 2.85. The summed E-state index contributed by atoms with van der Waals surface area (Å²) in [6.45, 7) is -0.338. The smallest absolute Gasteiger partial charge is 0.279 e. The molecule has 154 valence electrons. The highest BCUT2D eigenvalue weighted by molar-refractivity contribution is 5.91. The van der Waals surface area contributed by atoms with Crippen molar-refractivity contribution < 1.29 is 28.0 Å². The van der Waals surface area contributed by atoms with Gasteiger partial charge in [-0.05, 0) is 24.3 Å². The number of benzene rings is 2. The second-order valence-corrected chi connectivity index (χ2v) is 6.62. The van der Waals surface area contributed by atoms with Crippen molar-refractivity contribution >= 4 is 28.2 Å². The molecule has 30 heavy (non-hydrogen) atoms. The van der Waals surface area contributed by atoms with Crippen molar-refractivity contribution in [3.05, 3.63) is 65.4 Å². The van der Waals surface area contributed by atoms with Crippen molar-refractivity contribution in [3.8, 4) is 6.07 Å². The van der Waals surface area contributed by atoms with Crippen LogP contribution in [0, 0.1) is 28.8 Å². The largest absolute Gasteiger partial charge is 0.506 e. The first-order chi connectivity index (χ1) is 14.3. The van der Waals surface area contributed by atoms with Crippen LogP contribution in [0.5, 0.6) is 0 Å². The molecule has 0 aliphatic carbocycles. The summed E-state index contributed by atoms with van der Waals surface area (Å²) in [6, 6.07) is 10.6. The van der Waals surface area contributed by atoms with E-state index in [0.717, 1.165) is 6.07 Å². The van der Waals surface area contributed by atoms with Crippen LogP contribution in [0.2, 0.25) is 0 Å². The van der Waals surface area contributed by atoms with E-state index in [0.29, 0.717) is 22.0 Å². The second kappa shape index (κ2) is 8.67. The third-order valence-electron chi connectivity index (χ3n) is 4.27. The Hall–Kier alpha value is -3.84. The fraction of sp³-hybridized carbons (Fsp3) is 0.150. The summed E-state index contributed by atoms with van der Waals surface area (Å²) in [5.41, 5.74) is 0.757. The predicted molar refractivity (Wildman–Crippen MR) is 103 cm³/mol. The van der Waals surface area contributed by atoms with Gasteiger partial charge in [0.25, 0.3) is 5.91 Å². The minimum Gasteiger partial charge on any atom is -0.506 e. The Balaban J connectivity index is 1.69. The van der Waals surface area contributed by atoms with E-state index in [4.69, 9.17) is 0 Å². The van der Waals surface area contributed by atoms with Crippen molar-refractivity contribution in [3.63, 3.8) is 0 Å². The van der Waals surface area contributed by atoms with Gasteiger partial charge in [-0.1, -0.05) is 12.1 Å². The molecule has 0 aliphatic heterocycles. The van der Waals surface area contributed by atoms with Gasteiger partial charge >= 0.3 is 0 Å². The molecule has 0 saturated heterocycles. The standard InChI is InChI=1S/C20H16F3N5O2/c1-28(10-17(30)25-15-7-6-12(21)18(22)19(15)23)9-16(29)11(8-24)20-26-13-4-2-3-5-14(13)27-20/h2-7,29H,9-10H2,1H3,(H,25,30)(H,26,27)/p+1/b16-11-. The zero-order chi connectivity index (χ0) is 21.8. The molecule has 1 unspecified atom stereocenters. The number of rotatable bonds is 6. The van der Waals surface area contributed by atoms with Crippen LogP contribution >= 0.6 is 0 Å². The maximum atomic E-state index is 13.7. The number of carbonyl (C=O) groups excluding carboxylic acids is 1. The van der Waals surface area contributed by atoms with Crippen LogP contribution in [-0.4, -0.2) is 41.1 Å². The first-order valence-corrected chi connectivity index (χ1v) is 8.82. The number of aromatic amines is 1. The molecule has 10 heteroatoms. The van der Waals surface area contributed by atoms with Crippen LogP contribution in [0.4, 0.5) is 18.9 Å². The Labute approximate surface area is 169 Å². The van der Waals surface area contributed by atoms with Gasteiger partial charge in [-0.25, -0.2) is 18.2 Å². The van der Waals surface area contributed by atoms with Gasteiger partial charge in [0.05, 0.1) is 23.8 Å². The number of imidazole rings is 1. The molecule has 0 aliphatic rings. The van der Waals surface area contributed by atoms with Gasteiger partial charge in [-0.3, -0.25) is 4.79 Å². The molecule has 4 N–H and O–H groups in total. The molecule has 1 heterocycles. The van der Waals surface area contributed by atoms with E-state index in [2.05, 4.69) is 15.3 Å². The van der Waals surface area contributed by atoms with E-state index in [1.807, 2.05) is 6.07 Å². The van der Waals surface area contributed by atoms with E-state index in [-0.39, 0.29) is 30.2 Å². The molecule has 0 radical (unpaired) electrons. The molecule has 0 saturated carbocycles. The van der Waals surface area contributed by atoms with Gasteiger partial charge in [0.2, 0.25) is 0 Å². The van der Waals surface area contributed by atoms with Crippen molar-refractivity contribution in [2.45, 2.75) is 0 Å². The third-order valence-corrected chi connectivity index (χ3v) is 4.27. The number of hydrogen-bond donors (Lipinski definition) is 4. The van der Waals surface area contributed by atoms with Gasteiger partial charge in [0.15, 0.2) is 35.6 Å². The molecule has 0 fully saturated rings. The van der Waals surface area contributed by atoms with Crippen molar-refractivity contribution in [2.75, 3.05) is 25.5 Å². The molecular formula is C20H17F3N5O2+. The number of carbonyl (C=O) groups is 1. The maximum absolute atomic E-state index is 13.7. The quantitative estimate of drug-likeness (QED) is 0.280. The molecule has 1 amide bonds. The Morgan fingerprint density at radius 1 is 1.20 bits per heavy atom. The van der Waals surface area contributed by atoms with Crippen LogP contribution in [0.15, 0.2) is 42.2 Å². The fourth-order valence-electron chi connectivity index (χ4n) is 2.85. The first kappa shape index (κ1) is 20.9. The number of hydrogen-bond acceptors (Lipinski definition) is 4. The Morgan fingerprint density at radius 3 is 2.63 bits per heavy atom. The average Bonchev–Trinajstić information content (AvgIpc) is 3.12. The SMILES string of the molecule is C[NH+](CC(=O)Nc1ccc(F)c(F)c1F)C/C(O)=C(\C#N)c1nc2ccccc2[nH]1. The van der Waals surface area contributed by atoms with E-state index < -0.39 is 29.0 Å². The van der Waals surface area contributed by atoms with E-state index >= 15 is 0 Å². The topological polar surface area (TPSA) is 106 Å². The number of likely N-dealkylation sites (N-methyl/N-ethyl adjacent to an activating group) is 1. The number of nitriles is 1. The third kappa shape index (κ3) is 4.42. The molecule has 3 aromatic rings. The van der Waals surface area contributed by atoms with Crippen molar-refractivity contribution in [2.24, 2.45) is 0 Å². The highest BCUT2D eigenvalue weighted by Crippen LogP contribution is 2.20. The monoisotopic (exact) mass is 416 g/mol. The Morgan fingerprint density at radius 2 is 1.93 bits per heavy atom. The first-order valence-electron chi connectivity index (χ1n) is 8.82. The lowest BCUT2D eigenvalue weighted by atomic mass is 10.2. The van der Waals surface area contributed by atoms with Crippen LogP contribution in [0.1, 0.15) is 5.82 Å². The average molecular weight is 416 g/mol. The van der Waals surface area contributed by atoms with Crippen LogP contribution in [0.3, 0.4) is 0 Å². The number of quaternary nitrogens is 1. The second-order valence-electron chi connectivity index (χ2n) is 6.62. The number of aliphatic hydroxyl groups is 1. The number of anilines is 1. The van der Waals surface area contributed by atoms with Crippen LogP contribution in [0.25, 0.3) is 16.6 Å². The van der Waals surface area contributed by atoms with Gasteiger partial charge in [0.1, 0.15) is 18.2 Å². The van der Waals surface area contributed by atoms with E-state index in [1.54, 1.807) is 31.3 Å². The maximum Gasteiger partial charge on any atom is 0.279 e. The minimum atomic E-state index is -1.68. The lowest BCUT2D eigenvalue weighted by molar-refractivity contribution is -0.867. The van der Waals surface area contributed by atoms with E-state index in [1.165, 1.54) is 0 Å². The highest BCUT2D eigenvalue weighted by atomic mass is 19.2. The van der Waals surface area contributed by atoms with Gasteiger partial charge in [0, 0.05) is 0 Å². The summed E-state index contributed by atoms with van der Waals surface area (Å²) >= 11 is 0. The molecule has 1 aromatic heterocycles. The number of nitrogens with zero attached hydrogens (tertiary/aromatic N) is 2. The molecule has 0 bridgehead atoms. The number of aliphatic hydroxyl groups excluding tert-OH is 1. The summed E-state index contributed by atoms with van der Waals surface area (Å²) in [5, 5.41) is 21.9. The number of para-hydroxylation sites is 2. The minimum absolute atomic E-state index is 0.0717. The summed E-state index contributed by atoms with van der Waals surface area (Å²) in [4.78, 5) is 19.7. The number of aromatic nitrogens is 2. The highest BCUT2D eigenvalue weighted by Gasteiger charge is 2.20. The predicted octanol–water partition coefficient (Wildman–Crippen LogP) is 1.93. The summed E-state index contributed by atoms with van der Waals surface area (Å²) < 4.78 is 39.9. The number of halogens is 3. The van der Waals surface area contributed by atoms with Gasteiger partial charge < -0.3 is 20.3 Å². The Kier molecular flexibility index (Phi) is 6.03. The summed E-state index contributed by atoms with van der Waals surface area (Å²) in [5.74, 6) is -5.33. The Bertz CT molecular complexity index is 1150. The van der Waals surface area contributed by atoms with Gasteiger partial charge in [-0.15, -0.1) is 0 Å². The van der Waals surface area contributed by atoms with Crippen LogP contribution in [-0.2, 0) is 4.79 Å². The number of allylic oxidation sites excluding steroid dienone is 1. The van der Waals surface area contributed by atoms with Crippen molar-refractivity contribution in [1.82, 2.24) is 9.97 Å². The van der Waals surface area contributed by atoms with E-state index in [9.17, 15) is 28.3 Å². The number of amides is 1. The zero-order valence-corrected chi connectivity index (χ0v) is 15.8. The van der Waals surface area contributed by atoms with Gasteiger partial charge in [-0.2, -0.15) is 5.26 Å². The molecule has 2 aromatic carbocycles.